The number of carbonyl (C=O) groups is 2. The summed E-state index contributed by atoms with van der Waals surface area (Å²) in [6.07, 6.45) is 1.05. The molecule has 0 saturated heterocycles. The smallest absolute Gasteiger partial charge is 0.242 e. The molecule has 3 aromatic rings. The molecule has 0 aliphatic rings. The highest BCUT2D eigenvalue weighted by atomic mass is 35.5. The fourth-order valence-electron chi connectivity index (χ4n) is 3.59. The first-order valence-electron chi connectivity index (χ1n) is 11.1. The molecule has 3 aromatic carbocycles. The van der Waals surface area contributed by atoms with Crippen molar-refractivity contribution in [1.82, 2.24) is 10.2 Å². The van der Waals surface area contributed by atoms with Crippen LogP contribution >= 0.6 is 11.6 Å². The van der Waals surface area contributed by atoms with Crippen molar-refractivity contribution in [3.8, 4) is 5.75 Å². The molecule has 0 aliphatic heterocycles. The molecule has 0 aliphatic carbocycles. The molecule has 0 radical (unpaired) electrons. The molecule has 1 atom stereocenters. The Morgan fingerprint density at radius 2 is 1.65 bits per heavy atom. The lowest BCUT2D eigenvalue weighted by molar-refractivity contribution is -0.141. The van der Waals surface area contributed by atoms with Crippen LogP contribution in [0.4, 0.5) is 4.39 Å². The number of benzene rings is 3. The molecule has 0 saturated carbocycles. The van der Waals surface area contributed by atoms with E-state index < -0.39 is 6.04 Å². The minimum Gasteiger partial charge on any atom is -0.494 e. The van der Waals surface area contributed by atoms with Gasteiger partial charge in [0.25, 0.3) is 0 Å². The Balaban J connectivity index is 1.73. The molecule has 7 heteroatoms. The topological polar surface area (TPSA) is 58.6 Å². The lowest BCUT2D eigenvalue weighted by Crippen LogP contribution is -2.49. The van der Waals surface area contributed by atoms with Crippen molar-refractivity contribution in [2.75, 3.05) is 13.7 Å². The molecule has 178 valence electrons. The molecule has 0 aromatic heterocycles. The first-order valence-corrected chi connectivity index (χ1v) is 11.5. The van der Waals surface area contributed by atoms with E-state index in [1.54, 1.807) is 48.3 Å². The van der Waals surface area contributed by atoms with Crippen molar-refractivity contribution in [3.05, 3.63) is 101 Å². The van der Waals surface area contributed by atoms with E-state index in [9.17, 15) is 14.0 Å². The summed E-state index contributed by atoms with van der Waals surface area (Å²) < 4.78 is 19.1. The van der Waals surface area contributed by atoms with Gasteiger partial charge in [-0.05, 0) is 53.9 Å². The van der Waals surface area contributed by atoms with Gasteiger partial charge in [0.15, 0.2) is 0 Å². The van der Waals surface area contributed by atoms with E-state index >= 15 is 0 Å². The number of ether oxygens (including phenoxy) is 1. The summed E-state index contributed by atoms with van der Waals surface area (Å²) in [4.78, 5) is 27.7. The summed E-state index contributed by atoms with van der Waals surface area (Å²) in [5, 5.41) is 3.30. The van der Waals surface area contributed by atoms with Crippen LogP contribution in [-0.4, -0.2) is 36.4 Å². The summed E-state index contributed by atoms with van der Waals surface area (Å²) >= 11 is 5.89. The molecular weight excluding hydrogens is 455 g/mol. The standard InChI is InChI=1S/C27H28ClFN2O3/c1-30-27(33)25(18-20-6-3-2-4-7-20)31(19-21-9-13-23(29)14-10-21)26(32)8-5-17-34-24-15-11-22(28)12-16-24/h2-4,6-7,9-16,25H,5,8,17-19H2,1H3,(H,30,33)/t25-/m1/s1. The number of hydrogen-bond donors (Lipinski definition) is 1. The first kappa shape index (κ1) is 25.2. The third-order valence-electron chi connectivity index (χ3n) is 5.40. The summed E-state index contributed by atoms with van der Waals surface area (Å²) in [7, 11) is 1.56. The van der Waals surface area contributed by atoms with Crippen LogP contribution in [0.15, 0.2) is 78.9 Å². The van der Waals surface area contributed by atoms with Crippen LogP contribution in [-0.2, 0) is 22.6 Å². The Morgan fingerprint density at radius 1 is 0.971 bits per heavy atom. The molecule has 0 unspecified atom stereocenters. The fourth-order valence-corrected chi connectivity index (χ4v) is 3.72. The Bertz CT molecular complexity index is 1060. The zero-order valence-corrected chi connectivity index (χ0v) is 19.8. The number of nitrogens with one attached hydrogen (secondary N) is 1. The van der Waals surface area contributed by atoms with Crippen molar-refractivity contribution in [2.45, 2.75) is 31.8 Å². The van der Waals surface area contributed by atoms with Crippen LogP contribution < -0.4 is 10.1 Å². The van der Waals surface area contributed by atoms with Gasteiger partial charge in [-0.3, -0.25) is 9.59 Å². The van der Waals surface area contributed by atoms with Gasteiger partial charge in [-0.25, -0.2) is 4.39 Å². The van der Waals surface area contributed by atoms with E-state index in [0.717, 1.165) is 11.1 Å². The minimum atomic E-state index is -0.706. The van der Waals surface area contributed by atoms with Crippen LogP contribution in [0.5, 0.6) is 5.75 Å². The third-order valence-corrected chi connectivity index (χ3v) is 5.65. The van der Waals surface area contributed by atoms with Crippen molar-refractivity contribution in [1.29, 1.82) is 0 Å². The highest BCUT2D eigenvalue weighted by Gasteiger charge is 2.29. The molecule has 34 heavy (non-hydrogen) atoms. The normalized spacial score (nSPS) is 11.5. The predicted molar refractivity (Wildman–Crippen MR) is 131 cm³/mol. The predicted octanol–water partition coefficient (Wildman–Crippen LogP) is 5.02. The molecule has 3 rings (SSSR count). The van der Waals surface area contributed by atoms with E-state index in [-0.39, 0.29) is 30.6 Å². The van der Waals surface area contributed by atoms with E-state index in [4.69, 9.17) is 16.3 Å². The van der Waals surface area contributed by atoms with Gasteiger partial charge in [0.05, 0.1) is 6.61 Å². The SMILES string of the molecule is CNC(=O)[C@@H](Cc1ccccc1)N(Cc1ccc(F)cc1)C(=O)CCCOc1ccc(Cl)cc1. The summed E-state index contributed by atoms with van der Waals surface area (Å²) in [5.74, 6) is -0.106. The number of halogens is 2. The lowest BCUT2D eigenvalue weighted by Gasteiger charge is -2.31. The highest BCUT2D eigenvalue weighted by Crippen LogP contribution is 2.18. The summed E-state index contributed by atoms with van der Waals surface area (Å²) in [6, 6.07) is 21.8. The molecule has 2 amide bonds. The van der Waals surface area contributed by atoms with Crippen molar-refractivity contribution in [2.24, 2.45) is 0 Å². The summed E-state index contributed by atoms with van der Waals surface area (Å²) in [5.41, 5.74) is 1.69. The van der Waals surface area contributed by atoms with Gasteiger partial charge in [-0.2, -0.15) is 0 Å². The molecule has 0 heterocycles. The fraction of sp³-hybridized carbons (Fsp3) is 0.259. The van der Waals surface area contributed by atoms with Gasteiger partial charge in [-0.15, -0.1) is 0 Å². The molecule has 0 spiro atoms. The van der Waals surface area contributed by atoms with E-state index in [2.05, 4.69) is 5.32 Å². The Kier molecular flexibility index (Phi) is 9.47. The lowest BCUT2D eigenvalue weighted by atomic mass is 10.0. The summed E-state index contributed by atoms with van der Waals surface area (Å²) in [6.45, 7) is 0.545. The zero-order chi connectivity index (χ0) is 24.3. The average molecular weight is 483 g/mol. The third kappa shape index (κ3) is 7.59. The zero-order valence-electron chi connectivity index (χ0n) is 19.0. The van der Waals surface area contributed by atoms with Crippen LogP contribution in [0.3, 0.4) is 0 Å². The second-order valence-electron chi connectivity index (χ2n) is 7.87. The molecule has 5 nitrogen and oxygen atoms in total. The van der Waals surface area contributed by atoms with Gasteiger partial charge in [0, 0.05) is 31.5 Å². The maximum absolute atomic E-state index is 13.4. The quantitative estimate of drug-likeness (QED) is 0.390. The molecule has 0 bridgehead atoms. The van der Waals surface area contributed by atoms with Gasteiger partial charge in [-0.1, -0.05) is 54.1 Å². The number of nitrogens with zero attached hydrogens (tertiary/aromatic N) is 1. The van der Waals surface area contributed by atoms with Gasteiger partial charge < -0.3 is 15.0 Å². The van der Waals surface area contributed by atoms with Crippen LogP contribution in [0, 0.1) is 5.82 Å². The number of amides is 2. The van der Waals surface area contributed by atoms with E-state index in [1.807, 2.05) is 30.3 Å². The second-order valence-corrected chi connectivity index (χ2v) is 8.31. The molecular formula is C27H28ClFN2O3. The van der Waals surface area contributed by atoms with E-state index in [1.165, 1.54) is 12.1 Å². The molecule has 0 fully saturated rings. The van der Waals surface area contributed by atoms with Gasteiger partial charge in [0.1, 0.15) is 17.6 Å². The Labute approximate surface area is 204 Å². The second kappa shape index (κ2) is 12.8. The van der Waals surface area contributed by atoms with Gasteiger partial charge in [0.2, 0.25) is 11.8 Å². The van der Waals surface area contributed by atoms with Crippen molar-refractivity contribution < 1.29 is 18.7 Å². The largest absolute Gasteiger partial charge is 0.494 e. The maximum Gasteiger partial charge on any atom is 0.242 e. The van der Waals surface area contributed by atoms with Crippen molar-refractivity contribution >= 4 is 23.4 Å². The maximum atomic E-state index is 13.4. The number of hydrogen-bond acceptors (Lipinski definition) is 3. The first-order chi connectivity index (χ1) is 16.5. The average Bonchev–Trinajstić information content (AvgIpc) is 2.86. The van der Waals surface area contributed by atoms with E-state index in [0.29, 0.717) is 30.2 Å². The van der Waals surface area contributed by atoms with Crippen LogP contribution in [0.25, 0.3) is 0 Å². The minimum absolute atomic E-state index is 0.173. The monoisotopic (exact) mass is 482 g/mol. The number of carbonyl (C=O) groups excluding carboxylic acids is 2. The number of rotatable bonds is 11. The van der Waals surface area contributed by atoms with Crippen molar-refractivity contribution in [3.63, 3.8) is 0 Å². The number of likely N-dealkylation sites (N-methyl/N-ethyl adjacent to an activating group) is 1. The van der Waals surface area contributed by atoms with Crippen LogP contribution in [0.2, 0.25) is 5.02 Å². The molecule has 1 N–H and O–H groups in total. The van der Waals surface area contributed by atoms with Crippen LogP contribution in [0.1, 0.15) is 24.0 Å². The Morgan fingerprint density at radius 3 is 2.29 bits per heavy atom. The van der Waals surface area contributed by atoms with Gasteiger partial charge >= 0.3 is 0 Å². The Hall–Kier alpha value is -3.38. The highest BCUT2D eigenvalue weighted by molar-refractivity contribution is 6.30.